The van der Waals surface area contributed by atoms with Crippen molar-refractivity contribution < 1.29 is 9.47 Å². The molecule has 0 aliphatic carbocycles. The maximum Gasteiger partial charge on any atom is 0.218 e. The summed E-state index contributed by atoms with van der Waals surface area (Å²) in [4.78, 5) is 8.36. The van der Waals surface area contributed by atoms with Crippen LogP contribution in [0.5, 0.6) is 11.6 Å². The van der Waals surface area contributed by atoms with Gasteiger partial charge in [0.1, 0.15) is 11.6 Å². The normalized spacial score (nSPS) is 9.89. The average Bonchev–Trinajstić information content (AvgIpc) is 2.46. The molecule has 0 aromatic carbocycles. The lowest BCUT2D eigenvalue weighted by molar-refractivity contribution is 0.393. The third-order valence-electron chi connectivity index (χ3n) is 2.48. The predicted molar refractivity (Wildman–Crippen MR) is 68.9 cm³/mol. The molecular formula is C13H15N3O2. The Balaban J connectivity index is 2.02. The van der Waals surface area contributed by atoms with Gasteiger partial charge in [0.25, 0.3) is 0 Å². The molecule has 0 aliphatic rings. The van der Waals surface area contributed by atoms with Gasteiger partial charge in [0.2, 0.25) is 5.88 Å². The number of pyridine rings is 2. The summed E-state index contributed by atoms with van der Waals surface area (Å²) in [5, 5.41) is 3.20. The largest absolute Gasteiger partial charge is 0.495 e. The van der Waals surface area contributed by atoms with Crippen molar-refractivity contribution in [3.63, 3.8) is 0 Å². The van der Waals surface area contributed by atoms with Gasteiger partial charge in [0, 0.05) is 18.3 Å². The first-order chi connectivity index (χ1) is 8.83. The molecule has 0 radical (unpaired) electrons. The van der Waals surface area contributed by atoms with Gasteiger partial charge < -0.3 is 14.8 Å². The van der Waals surface area contributed by atoms with Crippen molar-refractivity contribution in [1.82, 2.24) is 9.97 Å². The van der Waals surface area contributed by atoms with Crippen LogP contribution in [0.15, 0.2) is 36.7 Å². The topological polar surface area (TPSA) is 56.3 Å². The van der Waals surface area contributed by atoms with Gasteiger partial charge in [0.15, 0.2) is 0 Å². The van der Waals surface area contributed by atoms with E-state index >= 15 is 0 Å². The summed E-state index contributed by atoms with van der Waals surface area (Å²) >= 11 is 0. The molecule has 0 atom stereocenters. The Morgan fingerprint density at radius 1 is 1.11 bits per heavy atom. The van der Waals surface area contributed by atoms with Crippen LogP contribution < -0.4 is 14.8 Å². The number of methoxy groups -OCH3 is 2. The highest BCUT2D eigenvalue weighted by atomic mass is 16.5. The number of aromatic nitrogens is 2. The van der Waals surface area contributed by atoms with Crippen molar-refractivity contribution >= 4 is 5.82 Å². The Hall–Kier alpha value is -2.30. The first-order valence-corrected chi connectivity index (χ1v) is 5.55. The predicted octanol–water partition coefficient (Wildman–Crippen LogP) is 2.11. The maximum atomic E-state index is 5.18. The van der Waals surface area contributed by atoms with E-state index in [0.717, 1.165) is 17.1 Å². The SMILES string of the molecule is COc1ccc(NCc2cccnc2OC)nc1. The molecule has 2 heterocycles. The summed E-state index contributed by atoms with van der Waals surface area (Å²) < 4.78 is 10.2. The Labute approximate surface area is 106 Å². The third-order valence-corrected chi connectivity index (χ3v) is 2.48. The number of rotatable bonds is 5. The van der Waals surface area contributed by atoms with E-state index in [4.69, 9.17) is 9.47 Å². The lowest BCUT2D eigenvalue weighted by Gasteiger charge is -2.09. The van der Waals surface area contributed by atoms with Crippen molar-refractivity contribution in [2.24, 2.45) is 0 Å². The Morgan fingerprint density at radius 3 is 2.67 bits per heavy atom. The zero-order valence-corrected chi connectivity index (χ0v) is 10.4. The van der Waals surface area contributed by atoms with E-state index in [-0.39, 0.29) is 0 Å². The number of anilines is 1. The summed E-state index contributed by atoms with van der Waals surface area (Å²) in [6.07, 6.45) is 3.37. The van der Waals surface area contributed by atoms with Crippen LogP contribution in [0.3, 0.4) is 0 Å². The van der Waals surface area contributed by atoms with Crippen LogP contribution in [-0.4, -0.2) is 24.2 Å². The van der Waals surface area contributed by atoms with Crippen molar-refractivity contribution in [1.29, 1.82) is 0 Å². The van der Waals surface area contributed by atoms with Gasteiger partial charge in [-0.1, -0.05) is 6.07 Å². The van der Waals surface area contributed by atoms with E-state index in [1.165, 1.54) is 0 Å². The molecule has 2 aromatic heterocycles. The fourth-order valence-electron chi connectivity index (χ4n) is 1.53. The van der Waals surface area contributed by atoms with Gasteiger partial charge in [-0.05, 0) is 18.2 Å². The smallest absolute Gasteiger partial charge is 0.218 e. The summed E-state index contributed by atoms with van der Waals surface area (Å²) in [6, 6.07) is 7.56. The van der Waals surface area contributed by atoms with Crippen molar-refractivity contribution in [3.05, 3.63) is 42.2 Å². The Morgan fingerprint density at radius 2 is 2.00 bits per heavy atom. The maximum absolute atomic E-state index is 5.18. The molecule has 1 N–H and O–H groups in total. The van der Waals surface area contributed by atoms with Crippen LogP contribution in [0.25, 0.3) is 0 Å². The standard InChI is InChI=1S/C13H15N3O2/c1-17-11-5-6-12(16-9-11)15-8-10-4-3-7-14-13(10)18-2/h3-7,9H,8H2,1-2H3,(H,15,16). The second kappa shape index (κ2) is 5.86. The first-order valence-electron chi connectivity index (χ1n) is 5.55. The monoisotopic (exact) mass is 245 g/mol. The molecule has 18 heavy (non-hydrogen) atoms. The number of nitrogens with one attached hydrogen (secondary N) is 1. The zero-order valence-electron chi connectivity index (χ0n) is 10.4. The summed E-state index contributed by atoms with van der Waals surface area (Å²) in [6.45, 7) is 0.607. The van der Waals surface area contributed by atoms with Crippen molar-refractivity contribution in [3.8, 4) is 11.6 Å². The fraction of sp³-hybridized carbons (Fsp3) is 0.231. The molecule has 0 aliphatic heterocycles. The van der Waals surface area contributed by atoms with Gasteiger partial charge in [-0.25, -0.2) is 9.97 Å². The molecular weight excluding hydrogens is 230 g/mol. The second-order valence-corrected chi connectivity index (χ2v) is 3.61. The van der Waals surface area contributed by atoms with Gasteiger partial charge in [-0.15, -0.1) is 0 Å². The minimum Gasteiger partial charge on any atom is -0.495 e. The molecule has 0 bridgehead atoms. The lowest BCUT2D eigenvalue weighted by atomic mass is 10.2. The quantitative estimate of drug-likeness (QED) is 0.874. The fourth-order valence-corrected chi connectivity index (χ4v) is 1.53. The summed E-state index contributed by atoms with van der Waals surface area (Å²) in [5.41, 5.74) is 0.984. The van der Waals surface area contributed by atoms with Crippen molar-refractivity contribution in [2.45, 2.75) is 6.54 Å². The van der Waals surface area contributed by atoms with E-state index in [1.807, 2.05) is 24.3 Å². The number of hydrogen-bond donors (Lipinski definition) is 1. The molecule has 0 amide bonds. The Bertz CT molecular complexity index is 500. The molecule has 0 spiro atoms. The average molecular weight is 245 g/mol. The van der Waals surface area contributed by atoms with Gasteiger partial charge in [-0.2, -0.15) is 0 Å². The van der Waals surface area contributed by atoms with Crippen LogP contribution in [-0.2, 0) is 6.54 Å². The van der Waals surface area contributed by atoms with Gasteiger partial charge >= 0.3 is 0 Å². The zero-order chi connectivity index (χ0) is 12.8. The Kier molecular flexibility index (Phi) is 3.96. The lowest BCUT2D eigenvalue weighted by Crippen LogP contribution is -2.04. The molecule has 0 saturated heterocycles. The molecule has 2 rings (SSSR count). The highest BCUT2D eigenvalue weighted by molar-refractivity contribution is 5.39. The van der Waals surface area contributed by atoms with E-state index in [0.29, 0.717) is 12.4 Å². The highest BCUT2D eigenvalue weighted by Crippen LogP contribution is 2.16. The van der Waals surface area contributed by atoms with Gasteiger partial charge in [-0.3, -0.25) is 0 Å². The molecule has 5 heteroatoms. The minimum absolute atomic E-state index is 0.607. The van der Waals surface area contributed by atoms with Crippen LogP contribution in [0.2, 0.25) is 0 Å². The summed E-state index contributed by atoms with van der Waals surface area (Å²) in [7, 11) is 3.22. The molecule has 94 valence electrons. The van der Waals surface area contributed by atoms with E-state index in [9.17, 15) is 0 Å². The van der Waals surface area contributed by atoms with E-state index in [1.54, 1.807) is 26.6 Å². The molecule has 0 saturated carbocycles. The molecule has 0 unspecified atom stereocenters. The van der Waals surface area contributed by atoms with Crippen LogP contribution in [0.4, 0.5) is 5.82 Å². The molecule has 5 nitrogen and oxygen atoms in total. The minimum atomic E-state index is 0.607. The first kappa shape index (κ1) is 12.2. The van der Waals surface area contributed by atoms with Crippen LogP contribution in [0, 0.1) is 0 Å². The second-order valence-electron chi connectivity index (χ2n) is 3.61. The van der Waals surface area contributed by atoms with Crippen molar-refractivity contribution in [2.75, 3.05) is 19.5 Å². The van der Waals surface area contributed by atoms with Crippen LogP contribution >= 0.6 is 0 Å². The third kappa shape index (κ3) is 2.88. The number of ether oxygens (including phenoxy) is 2. The van der Waals surface area contributed by atoms with Gasteiger partial charge in [0.05, 0.1) is 20.4 Å². The van der Waals surface area contributed by atoms with E-state index < -0.39 is 0 Å². The molecule has 2 aromatic rings. The summed E-state index contributed by atoms with van der Waals surface area (Å²) in [5.74, 6) is 2.14. The van der Waals surface area contributed by atoms with Crippen LogP contribution in [0.1, 0.15) is 5.56 Å². The number of hydrogen-bond acceptors (Lipinski definition) is 5. The molecule has 0 fully saturated rings. The van der Waals surface area contributed by atoms with E-state index in [2.05, 4.69) is 15.3 Å². The highest BCUT2D eigenvalue weighted by Gasteiger charge is 2.03. The number of nitrogens with zero attached hydrogens (tertiary/aromatic N) is 2.